The van der Waals surface area contributed by atoms with Crippen LogP contribution in [0.15, 0.2) is 42.6 Å². The Balaban J connectivity index is 1.99. The number of anilines is 1. The Bertz CT molecular complexity index is 669. The fraction of sp³-hybridized carbons (Fsp3) is 0.235. The topological polar surface area (TPSA) is 71.1 Å². The van der Waals surface area contributed by atoms with E-state index in [1.165, 1.54) is 0 Å². The van der Waals surface area contributed by atoms with Gasteiger partial charge in [-0.2, -0.15) is 0 Å². The maximum Gasteiger partial charge on any atom is 0.313 e. The molecular formula is C17H19N3O2. The average molecular weight is 297 g/mol. The number of pyridine rings is 1. The maximum absolute atomic E-state index is 12.0. The summed E-state index contributed by atoms with van der Waals surface area (Å²) in [6.07, 6.45) is 2.43. The molecule has 5 nitrogen and oxygen atoms in total. The summed E-state index contributed by atoms with van der Waals surface area (Å²) in [5.41, 5.74) is 3.35. The molecule has 0 atom stereocenters. The first-order chi connectivity index (χ1) is 10.6. The van der Waals surface area contributed by atoms with Crippen LogP contribution >= 0.6 is 0 Å². The van der Waals surface area contributed by atoms with E-state index in [4.69, 9.17) is 0 Å². The highest BCUT2D eigenvalue weighted by Gasteiger charge is 2.16. The van der Waals surface area contributed by atoms with Gasteiger partial charge in [-0.05, 0) is 36.6 Å². The third kappa shape index (κ3) is 3.91. The minimum atomic E-state index is -0.670. The van der Waals surface area contributed by atoms with Gasteiger partial charge in [-0.3, -0.25) is 14.6 Å². The van der Waals surface area contributed by atoms with Gasteiger partial charge in [0, 0.05) is 11.9 Å². The summed E-state index contributed by atoms with van der Waals surface area (Å²) in [5.74, 6) is -1.34. The number of carbonyl (C=O) groups excluding carboxylic acids is 2. The minimum Gasteiger partial charge on any atom is -0.342 e. The van der Waals surface area contributed by atoms with Gasteiger partial charge in [-0.25, -0.2) is 0 Å². The molecule has 0 bridgehead atoms. The predicted octanol–water partition coefficient (Wildman–Crippen LogP) is 2.21. The molecule has 2 N–H and O–H groups in total. The van der Waals surface area contributed by atoms with Gasteiger partial charge in [0.25, 0.3) is 0 Å². The van der Waals surface area contributed by atoms with Crippen LogP contribution in [0.4, 0.5) is 5.69 Å². The van der Waals surface area contributed by atoms with E-state index < -0.39 is 11.8 Å². The summed E-state index contributed by atoms with van der Waals surface area (Å²) in [7, 11) is 0. The van der Waals surface area contributed by atoms with Crippen molar-refractivity contribution in [1.82, 2.24) is 10.3 Å². The summed E-state index contributed by atoms with van der Waals surface area (Å²) in [6, 6.07) is 11.2. The number of benzene rings is 1. The third-order valence-electron chi connectivity index (χ3n) is 3.34. The Kier molecular flexibility index (Phi) is 5.25. The van der Waals surface area contributed by atoms with Crippen LogP contribution in [-0.4, -0.2) is 16.8 Å². The minimum absolute atomic E-state index is 0.224. The van der Waals surface area contributed by atoms with Crippen molar-refractivity contribution in [2.24, 2.45) is 0 Å². The molecule has 0 unspecified atom stereocenters. The molecule has 2 aromatic rings. The molecule has 0 saturated heterocycles. The molecule has 2 amide bonds. The van der Waals surface area contributed by atoms with Crippen LogP contribution in [0.1, 0.15) is 23.7 Å². The number of aryl methyl sites for hydroxylation is 2. The van der Waals surface area contributed by atoms with E-state index in [1.807, 2.05) is 38.1 Å². The summed E-state index contributed by atoms with van der Waals surface area (Å²) in [4.78, 5) is 28.0. The van der Waals surface area contributed by atoms with Crippen molar-refractivity contribution in [1.29, 1.82) is 0 Å². The lowest BCUT2D eigenvalue weighted by Crippen LogP contribution is -2.35. The van der Waals surface area contributed by atoms with Crippen molar-refractivity contribution in [3.8, 4) is 0 Å². The SMILES string of the molecule is CCc1cccc(C)c1NC(=O)C(=O)NCc1ccccn1. The summed E-state index contributed by atoms with van der Waals surface area (Å²) in [6.45, 7) is 4.13. The fourth-order valence-electron chi connectivity index (χ4n) is 2.13. The molecule has 0 aliphatic rings. The highest BCUT2D eigenvalue weighted by atomic mass is 16.2. The van der Waals surface area contributed by atoms with Gasteiger partial charge >= 0.3 is 11.8 Å². The number of para-hydroxylation sites is 1. The number of rotatable bonds is 4. The molecule has 0 spiro atoms. The smallest absolute Gasteiger partial charge is 0.313 e. The Morgan fingerprint density at radius 1 is 1.09 bits per heavy atom. The summed E-state index contributed by atoms with van der Waals surface area (Å²) < 4.78 is 0. The molecule has 0 saturated carbocycles. The van der Waals surface area contributed by atoms with E-state index in [0.717, 1.165) is 17.5 Å². The molecule has 1 aromatic heterocycles. The van der Waals surface area contributed by atoms with Crippen LogP contribution in [0.2, 0.25) is 0 Å². The van der Waals surface area contributed by atoms with Crippen LogP contribution in [0.25, 0.3) is 0 Å². The molecule has 0 fully saturated rings. The van der Waals surface area contributed by atoms with Gasteiger partial charge in [-0.1, -0.05) is 31.2 Å². The molecule has 5 heteroatoms. The van der Waals surface area contributed by atoms with E-state index in [0.29, 0.717) is 11.4 Å². The number of amides is 2. The zero-order valence-corrected chi connectivity index (χ0v) is 12.7. The normalized spacial score (nSPS) is 10.1. The first-order valence-corrected chi connectivity index (χ1v) is 7.19. The zero-order valence-electron chi connectivity index (χ0n) is 12.7. The zero-order chi connectivity index (χ0) is 15.9. The first-order valence-electron chi connectivity index (χ1n) is 7.19. The number of nitrogens with zero attached hydrogens (tertiary/aromatic N) is 1. The van der Waals surface area contributed by atoms with E-state index in [-0.39, 0.29) is 6.54 Å². The van der Waals surface area contributed by atoms with Crippen molar-refractivity contribution in [2.45, 2.75) is 26.8 Å². The van der Waals surface area contributed by atoms with Crippen LogP contribution < -0.4 is 10.6 Å². The van der Waals surface area contributed by atoms with Crippen LogP contribution in [0.5, 0.6) is 0 Å². The molecule has 0 aliphatic heterocycles. The van der Waals surface area contributed by atoms with E-state index in [2.05, 4.69) is 15.6 Å². The Hall–Kier alpha value is -2.69. The second kappa shape index (κ2) is 7.36. The fourth-order valence-corrected chi connectivity index (χ4v) is 2.13. The Morgan fingerprint density at radius 3 is 2.59 bits per heavy atom. The van der Waals surface area contributed by atoms with Gasteiger partial charge < -0.3 is 10.6 Å². The van der Waals surface area contributed by atoms with E-state index in [1.54, 1.807) is 18.3 Å². The summed E-state index contributed by atoms with van der Waals surface area (Å²) in [5, 5.41) is 5.26. The Morgan fingerprint density at radius 2 is 1.91 bits per heavy atom. The van der Waals surface area contributed by atoms with Crippen LogP contribution in [0.3, 0.4) is 0 Å². The van der Waals surface area contributed by atoms with Crippen molar-refractivity contribution in [3.05, 3.63) is 59.4 Å². The van der Waals surface area contributed by atoms with Crippen molar-refractivity contribution < 1.29 is 9.59 Å². The molecule has 1 aromatic carbocycles. The predicted molar refractivity (Wildman–Crippen MR) is 85.3 cm³/mol. The number of carbonyl (C=O) groups is 2. The second-order valence-corrected chi connectivity index (χ2v) is 4.92. The largest absolute Gasteiger partial charge is 0.342 e. The Labute approximate surface area is 129 Å². The van der Waals surface area contributed by atoms with Gasteiger partial charge in [0.15, 0.2) is 0 Å². The average Bonchev–Trinajstić information content (AvgIpc) is 2.55. The van der Waals surface area contributed by atoms with Gasteiger partial charge in [0.2, 0.25) is 0 Å². The quantitative estimate of drug-likeness (QED) is 0.850. The number of hydrogen-bond acceptors (Lipinski definition) is 3. The standard InChI is InChI=1S/C17H19N3O2/c1-3-13-8-6-7-12(2)15(13)20-17(22)16(21)19-11-14-9-4-5-10-18-14/h4-10H,3,11H2,1-2H3,(H,19,21)(H,20,22). The highest BCUT2D eigenvalue weighted by Crippen LogP contribution is 2.20. The number of nitrogens with one attached hydrogen (secondary N) is 2. The highest BCUT2D eigenvalue weighted by molar-refractivity contribution is 6.39. The van der Waals surface area contributed by atoms with Crippen LogP contribution in [-0.2, 0) is 22.6 Å². The van der Waals surface area contributed by atoms with Crippen molar-refractivity contribution >= 4 is 17.5 Å². The molecule has 22 heavy (non-hydrogen) atoms. The lowest BCUT2D eigenvalue weighted by atomic mass is 10.1. The molecule has 114 valence electrons. The number of hydrogen-bond donors (Lipinski definition) is 2. The van der Waals surface area contributed by atoms with E-state index in [9.17, 15) is 9.59 Å². The third-order valence-corrected chi connectivity index (χ3v) is 3.34. The lowest BCUT2D eigenvalue weighted by molar-refractivity contribution is -0.136. The van der Waals surface area contributed by atoms with Gasteiger partial charge in [0.05, 0.1) is 12.2 Å². The maximum atomic E-state index is 12.0. The number of aromatic nitrogens is 1. The van der Waals surface area contributed by atoms with Crippen LogP contribution in [0, 0.1) is 6.92 Å². The van der Waals surface area contributed by atoms with Gasteiger partial charge in [0.1, 0.15) is 0 Å². The first kappa shape index (κ1) is 15.7. The monoisotopic (exact) mass is 297 g/mol. The molecule has 2 rings (SSSR count). The summed E-state index contributed by atoms with van der Waals surface area (Å²) >= 11 is 0. The second-order valence-electron chi connectivity index (χ2n) is 4.92. The molecule has 0 aliphatic carbocycles. The van der Waals surface area contributed by atoms with Gasteiger partial charge in [-0.15, -0.1) is 0 Å². The van der Waals surface area contributed by atoms with Crippen molar-refractivity contribution in [2.75, 3.05) is 5.32 Å². The van der Waals surface area contributed by atoms with Crippen molar-refractivity contribution in [3.63, 3.8) is 0 Å². The molecular weight excluding hydrogens is 278 g/mol. The molecule has 0 radical (unpaired) electrons. The lowest BCUT2D eigenvalue weighted by Gasteiger charge is -2.12. The molecule has 1 heterocycles. The van der Waals surface area contributed by atoms with E-state index >= 15 is 0 Å².